The van der Waals surface area contributed by atoms with Crippen molar-refractivity contribution in [3.8, 4) is 11.5 Å². The average molecular weight is 574 g/mol. The summed E-state index contributed by atoms with van der Waals surface area (Å²) in [7, 11) is 0. The molecule has 3 N–H and O–H groups in total. The Labute approximate surface area is 246 Å². The smallest absolute Gasteiger partial charge is 0.325 e. The molecule has 0 bridgehead atoms. The fourth-order valence-electron chi connectivity index (χ4n) is 4.59. The van der Waals surface area contributed by atoms with Crippen molar-refractivity contribution in [1.82, 2.24) is 0 Å². The number of benzene rings is 2. The van der Waals surface area contributed by atoms with Crippen LogP contribution in [0.15, 0.2) is 34.1 Å². The maximum atomic E-state index is 12.5. The maximum absolute atomic E-state index is 12.5. The van der Waals surface area contributed by atoms with Crippen molar-refractivity contribution in [3.05, 3.63) is 46.5 Å². The van der Waals surface area contributed by atoms with Crippen molar-refractivity contribution in [2.45, 2.75) is 132 Å². The summed E-state index contributed by atoms with van der Waals surface area (Å²) in [5.74, 6) is 0.588. The Morgan fingerprint density at radius 1 is 0.744 bits per heavy atom. The van der Waals surface area contributed by atoms with Crippen LogP contribution in [-0.4, -0.2) is 21.7 Å². The average Bonchev–Trinajstić information content (AvgIpc) is 2.70. The topological polar surface area (TPSA) is 72.5 Å². The molecule has 0 aliphatic heterocycles. The highest BCUT2D eigenvalue weighted by Crippen LogP contribution is 2.52. The van der Waals surface area contributed by atoms with Crippen molar-refractivity contribution in [2.75, 3.05) is 6.54 Å². The van der Waals surface area contributed by atoms with Crippen LogP contribution in [0, 0.1) is 0 Å². The molecule has 0 atom stereocenters. The third kappa shape index (κ3) is 8.43. The number of thioether (sulfide) groups is 2. The number of carbonyl (C=O) groups excluding carboxylic acids is 1. The molecule has 0 spiro atoms. The lowest BCUT2D eigenvalue weighted by molar-refractivity contribution is -0.132. The molecule has 39 heavy (non-hydrogen) atoms. The van der Waals surface area contributed by atoms with E-state index in [1.165, 1.54) is 0 Å². The molecule has 2 aromatic rings. The molecule has 4 nitrogen and oxygen atoms in total. The Hall–Kier alpha value is -1.63. The van der Waals surface area contributed by atoms with Crippen LogP contribution in [0.4, 0.5) is 0 Å². The van der Waals surface area contributed by atoms with Crippen LogP contribution >= 0.6 is 23.5 Å². The summed E-state index contributed by atoms with van der Waals surface area (Å²) in [4.78, 5) is 14.7. The van der Waals surface area contributed by atoms with Crippen LogP contribution in [0.1, 0.15) is 119 Å². The Morgan fingerprint density at radius 3 is 1.59 bits per heavy atom. The van der Waals surface area contributed by atoms with Crippen molar-refractivity contribution >= 4 is 29.5 Å². The summed E-state index contributed by atoms with van der Waals surface area (Å²) in [6.07, 6.45) is 0. The molecule has 0 unspecified atom stereocenters. The largest absolute Gasteiger partial charge is 0.507 e. The Kier molecular flexibility index (Phi) is 9.75. The molecule has 6 heteroatoms. The van der Waals surface area contributed by atoms with E-state index in [2.05, 4.69) is 121 Å². The predicted octanol–water partition coefficient (Wildman–Crippen LogP) is 9.07. The van der Waals surface area contributed by atoms with Crippen molar-refractivity contribution in [3.63, 3.8) is 0 Å². The van der Waals surface area contributed by atoms with Gasteiger partial charge in [0.05, 0.1) is 10.6 Å². The van der Waals surface area contributed by atoms with Crippen LogP contribution in [-0.2, 0) is 26.5 Å². The molecule has 0 aliphatic carbocycles. The van der Waals surface area contributed by atoms with Crippen molar-refractivity contribution < 1.29 is 14.6 Å². The maximum Gasteiger partial charge on any atom is 0.325 e. The molecule has 0 heterocycles. The zero-order valence-corrected chi connectivity index (χ0v) is 28.3. The van der Waals surface area contributed by atoms with E-state index in [0.29, 0.717) is 11.5 Å². The molecule has 0 aromatic heterocycles. The highest BCUT2D eigenvalue weighted by atomic mass is 32.2. The summed E-state index contributed by atoms with van der Waals surface area (Å²) in [5.41, 5.74) is 8.72. The fraction of sp³-hybridized carbons (Fsp3) is 0.606. The second-order valence-corrected chi connectivity index (χ2v) is 18.6. The van der Waals surface area contributed by atoms with Gasteiger partial charge in [-0.3, -0.25) is 4.79 Å². The van der Waals surface area contributed by atoms with Gasteiger partial charge in [0.25, 0.3) is 0 Å². The number of carbonyl (C=O) groups is 1. The quantitative estimate of drug-likeness (QED) is 0.155. The number of aromatic hydroxyl groups is 1. The number of rotatable bonds is 6. The van der Waals surface area contributed by atoms with Crippen LogP contribution in [0.2, 0.25) is 0 Å². The first kappa shape index (κ1) is 33.6. The first-order valence-electron chi connectivity index (χ1n) is 13.7. The fourth-order valence-corrected chi connectivity index (χ4v) is 7.40. The van der Waals surface area contributed by atoms with Crippen molar-refractivity contribution in [1.29, 1.82) is 0 Å². The number of phenolic OH excluding ortho intramolecular Hbond substituents is 1. The minimum Gasteiger partial charge on any atom is -0.507 e. The van der Waals surface area contributed by atoms with Gasteiger partial charge in [0.2, 0.25) is 0 Å². The molecule has 0 aliphatic rings. The van der Waals surface area contributed by atoms with Gasteiger partial charge in [-0.2, -0.15) is 0 Å². The zero-order chi connectivity index (χ0) is 30.4. The summed E-state index contributed by atoms with van der Waals surface area (Å²) in [5, 5.41) is 11.2. The Morgan fingerprint density at radius 2 is 1.21 bits per heavy atom. The van der Waals surface area contributed by atoms with Crippen LogP contribution in [0.25, 0.3) is 0 Å². The van der Waals surface area contributed by atoms with E-state index in [1.807, 2.05) is 0 Å². The minimum absolute atomic E-state index is 0.168. The zero-order valence-electron chi connectivity index (χ0n) is 26.7. The third-order valence-corrected chi connectivity index (χ3v) is 8.99. The van der Waals surface area contributed by atoms with E-state index < -0.39 is 5.97 Å². The lowest BCUT2D eigenvalue weighted by Gasteiger charge is -2.34. The minimum atomic E-state index is -0.435. The van der Waals surface area contributed by atoms with Gasteiger partial charge >= 0.3 is 5.97 Å². The molecule has 2 aromatic carbocycles. The lowest BCUT2D eigenvalue weighted by Crippen LogP contribution is -2.26. The van der Waals surface area contributed by atoms with E-state index in [0.717, 1.165) is 32.0 Å². The number of esters is 1. The van der Waals surface area contributed by atoms with Gasteiger partial charge < -0.3 is 15.6 Å². The number of phenols is 1. The van der Waals surface area contributed by atoms with E-state index in [-0.39, 0.29) is 32.3 Å². The van der Waals surface area contributed by atoms with Crippen molar-refractivity contribution in [2.24, 2.45) is 5.73 Å². The summed E-state index contributed by atoms with van der Waals surface area (Å²) < 4.78 is 5.70. The summed E-state index contributed by atoms with van der Waals surface area (Å²) >= 11 is 3.56. The molecule has 0 radical (unpaired) electrons. The summed E-state index contributed by atoms with van der Waals surface area (Å²) in [6, 6.07) is 8.54. The van der Waals surface area contributed by atoms with Gasteiger partial charge in [-0.15, -0.1) is 23.5 Å². The second-order valence-electron chi connectivity index (χ2n) is 15.0. The highest BCUT2D eigenvalue weighted by Gasteiger charge is 2.34. The van der Waals surface area contributed by atoms with Crippen LogP contribution < -0.4 is 10.5 Å². The Bertz CT molecular complexity index is 1170. The summed E-state index contributed by atoms with van der Waals surface area (Å²) in [6.45, 7) is 30.0. The number of ether oxygens (including phenoxy) is 1. The van der Waals surface area contributed by atoms with Gasteiger partial charge in [-0.25, -0.2) is 0 Å². The second kappa shape index (κ2) is 11.3. The van der Waals surface area contributed by atoms with Crippen LogP contribution in [0.3, 0.4) is 0 Å². The van der Waals surface area contributed by atoms with Gasteiger partial charge in [0.1, 0.15) is 11.5 Å². The number of hydrogen-bond acceptors (Lipinski definition) is 6. The standard InChI is InChI=1S/C33H51NO3S2/c1-29(2,3)21-15-16-24(26(32(10,11)12)28(21)37-25(35)19-34)39-33(13,14)38-20-17-22(30(4,5)6)27(36)23(18-20)31(7,8)9/h15-18,36H,19,34H2,1-14H3. The molecule has 0 saturated carbocycles. The van der Waals surface area contributed by atoms with Crippen LogP contribution in [0.5, 0.6) is 11.5 Å². The van der Waals surface area contributed by atoms with Gasteiger partial charge in [-0.1, -0.05) is 89.2 Å². The van der Waals surface area contributed by atoms with Gasteiger partial charge in [0, 0.05) is 32.0 Å². The molecule has 2 rings (SSSR count). The van der Waals surface area contributed by atoms with E-state index >= 15 is 0 Å². The first-order valence-corrected chi connectivity index (χ1v) is 15.4. The van der Waals surface area contributed by atoms with E-state index in [4.69, 9.17) is 10.5 Å². The highest BCUT2D eigenvalue weighted by molar-refractivity contribution is 8.18. The van der Waals surface area contributed by atoms with E-state index in [9.17, 15) is 9.90 Å². The van der Waals surface area contributed by atoms with E-state index in [1.54, 1.807) is 23.5 Å². The van der Waals surface area contributed by atoms with Gasteiger partial charge in [0.15, 0.2) is 0 Å². The SMILES string of the molecule is CC(C)(Sc1cc(C(C)(C)C)c(O)c(C(C)(C)C)c1)Sc1ccc(C(C)(C)C)c(OC(=O)CN)c1C(C)(C)C. The lowest BCUT2D eigenvalue weighted by atomic mass is 9.79. The molecular formula is C33H51NO3S2. The molecule has 0 fully saturated rings. The monoisotopic (exact) mass is 573 g/mol. The number of nitrogens with two attached hydrogens (primary N) is 1. The molecule has 218 valence electrons. The molecule has 0 amide bonds. The third-order valence-electron chi connectivity index (χ3n) is 6.48. The first-order chi connectivity index (χ1) is 17.4. The molecule has 0 saturated heterocycles. The Balaban J connectivity index is 2.68. The predicted molar refractivity (Wildman–Crippen MR) is 170 cm³/mol. The van der Waals surface area contributed by atoms with Gasteiger partial charge in [-0.05, 0) is 53.7 Å². The molecular weight excluding hydrogens is 523 g/mol. The number of hydrogen-bond donors (Lipinski definition) is 2. The normalized spacial score (nSPS) is 13.5.